The number of rotatable bonds is 9. The molecule has 0 spiro atoms. The monoisotopic (exact) mass is 392 g/mol. The summed E-state index contributed by atoms with van der Waals surface area (Å²) in [5, 5.41) is 2.84. The first-order valence-electron chi connectivity index (χ1n) is 9.70. The largest absolute Gasteiger partial charge is 0.497 e. The fourth-order valence-electron chi connectivity index (χ4n) is 3.16. The van der Waals surface area contributed by atoms with Gasteiger partial charge in [-0.3, -0.25) is 14.7 Å². The Bertz CT molecular complexity index is 936. The molecule has 1 aliphatic carbocycles. The molecular formula is C22H24N4O3. The average Bonchev–Trinajstić information content (AvgIpc) is 3.51. The Morgan fingerprint density at radius 1 is 1.21 bits per heavy atom. The maximum absolute atomic E-state index is 12.3. The molecule has 0 saturated heterocycles. The van der Waals surface area contributed by atoms with Crippen molar-refractivity contribution in [2.75, 3.05) is 7.11 Å². The second kappa shape index (κ2) is 8.87. The van der Waals surface area contributed by atoms with Gasteiger partial charge in [-0.15, -0.1) is 0 Å². The summed E-state index contributed by atoms with van der Waals surface area (Å²) in [6.07, 6.45) is 7.20. The number of nitrogens with zero attached hydrogens (tertiary/aromatic N) is 3. The molecule has 150 valence electrons. The Morgan fingerprint density at radius 2 is 2.03 bits per heavy atom. The summed E-state index contributed by atoms with van der Waals surface area (Å²) in [5.74, 6) is 1.15. The van der Waals surface area contributed by atoms with Crippen molar-refractivity contribution in [2.24, 2.45) is 0 Å². The van der Waals surface area contributed by atoms with Crippen molar-refractivity contribution in [3.05, 3.63) is 77.8 Å². The van der Waals surface area contributed by atoms with Crippen molar-refractivity contribution < 1.29 is 13.9 Å². The molecule has 0 radical (unpaired) electrons. The molecule has 1 fully saturated rings. The van der Waals surface area contributed by atoms with Crippen LogP contribution in [0.4, 0.5) is 0 Å². The normalized spacial score (nSPS) is 13.4. The van der Waals surface area contributed by atoms with Gasteiger partial charge in [-0.1, -0.05) is 18.2 Å². The Balaban J connectivity index is 1.35. The predicted octanol–water partition coefficient (Wildman–Crippen LogP) is 3.17. The number of pyridine rings is 1. The summed E-state index contributed by atoms with van der Waals surface area (Å²) < 4.78 is 10.8. The SMILES string of the molecule is COc1ccc(CN(Cc2nc(C(=O)NCc3cccnc3)co2)C2CC2)cc1. The van der Waals surface area contributed by atoms with Gasteiger partial charge in [0.25, 0.3) is 5.91 Å². The van der Waals surface area contributed by atoms with E-state index in [1.807, 2.05) is 24.3 Å². The number of carbonyl (C=O) groups excluding carboxylic acids is 1. The average molecular weight is 392 g/mol. The van der Waals surface area contributed by atoms with E-state index in [9.17, 15) is 4.79 Å². The highest BCUT2D eigenvalue weighted by molar-refractivity contribution is 5.91. The van der Waals surface area contributed by atoms with Gasteiger partial charge in [-0.2, -0.15) is 0 Å². The molecule has 7 heteroatoms. The van der Waals surface area contributed by atoms with Crippen molar-refractivity contribution in [1.29, 1.82) is 0 Å². The molecular weight excluding hydrogens is 368 g/mol. The molecule has 0 unspecified atom stereocenters. The summed E-state index contributed by atoms with van der Waals surface area (Å²) in [6.45, 7) is 1.78. The molecule has 0 aliphatic heterocycles. The Hall–Kier alpha value is -3.19. The highest BCUT2D eigenvalue weighted by atomic mass is 16.5. The van der Waals surface area contributed by atoms with Gasteiger partial charge in [0, 0.05) is 31.5 Å². The van der Waals surface area contributed by atoms with Gasteiger partial charge in [-0.05, 0) is 42.2 Å². The van der Waals surface area contributed by atoms with Gasteiger partial charge in [0.1, 0.15) is 12.0 Å². The van der Waals surface area contributed by atoms with E-state index in [4.69, 9.17) is 9.15 Å². The number of ether oxygens (including phenoxy) is 1. The van der Waals surface area contributed by atoms with Crippen LogP contribution in [0.2, 0.25) is 0 Å². The third kappa shape index (κ3) is 5.20. The summed E-state index contributed by atoms with van der Waals surface area (Å²) >= 11 is 0. The van der Waals surface area contributed by atoms with Crippen LogP contribution in [-0.2, 0) is 19.6 Å². The lowest BCUT2D eigenvalue weighted by Crippen LogP contribution is -2.26. The lowest BCUT2D eigenvalue weighted by Gasteiger charge is -2.20. The molecule has 1 aliphatic rings. The van der Waals surface area contributed by atoms with Crippen LogP contribution in [0, 0.1) is 0 Å². The number of hydrogen-bond acceptors (Lipinski definition) is 6. The minimum Gasteiger partial charge on any atom is -0.497 e. The number of benzene rings is 1. The van der Waals surface area contributed by atoms with E-state index in [1.165, 1.54) is 24.7 Å². The zero-order valence-electron chi connectivity index (χ0n) is 16.4. The van der Waals surface area contributed by atoms with Crippen LogP contribution in [0.5, 0.6) is 5.75 Å². The minimum absolute atomic E-state index is 0.253. The minimum atomic E-state index is -0.253. The lowest BCUT2D eigenvalue weighted by atomic mass is 10.2. The lowest BCUT2D eigenvalue weighted by molar-refractivity contribution is 0.0945. The van der Waals surface area contributed by atoms with E-state index >= 15 is 0 Å². The van der Waals surface area contributed by atoms with Gasteiger partial charge >= 0.3 is 0 Å². The smallest absolute Gasteiger partial charge is 0.273 e. The predicted molar refractivity (Wildman–Crippen MR) is 107 cm³/mol. The standard InChI is InChI=1S/C22H24N4O3/c1-28-19-8-4-16(5-9-19)13-26(18-6-7-18)14-21-25-20(15-29-21)22(27)24-12-17-3-2-10-23-11-17/h2-5,8-11,15,18H,6-7,12-14H2,1H3,(H,24,27). The summed E-state index contributed by atoms with van der Waals surface area (Å²) in [5.41, 5.74) is 2.44. The molecule has 1 aromatic carbocycles. The maximum atomic E-state index is 12.3. The number of amides is 1. The fourth-order valence-corrected chi connectivity index (χ4v) is 3.16. The van der Waals surface area contributed by atoms with E-state index in [1.54, 1.807) is 19.5 Å². The highest BCUT2D eigenvalue weighted by Crippen LogP contribution is 2.30. The van der Waals surface area contributed by atoms with E-state index in [0.717, 1.165) is 17.9 Å². The van der Waals surface area contributed by atoms with Crippen LogP contribution in [0.25, 0.3) is 0 Å². The summed E-state index contributed by atoms with van der Waals surface area (Å²) in [4.78, 5) is 23.1. The van der Waals surface area contributed by atoms with Crippen molar-refractivity contribution in [3.8, 4) is 5.75 Å². The molecule has 4 rings (SSSR count). The summed E-state index contributed by atoms with van der Waals surface area (Å²) in [6, 6.07) is 12.4. The molecule has 2 aromatic heterocycles. The van der Waals surface area contributed by atoms with Crippen LogP contribution < -0.4 is 10.1 Å². The van der Waals surface area contributed by atoms with Gasteiger partial charge in [-0.25, -0.2) is 4.98 Å². The van der Waals surface area contributed by atoms with Gasteiger partial charge in [0.05, 0.1) is 13.7 Å². The second-order valence-corrected chi connectivity index (χ2v) is 7.15. The van der Waals surface area contributed by atoms with E-state index in [0.29, 0.717) is 30.7 Å². The van der Waals surface area contributed by atoms with Gasteiger partial charge in [0.15, 0.2) is 5.69 Å². The van der Waals surface area contributed by atoms with E-state index < -0.39 is 0 Å². The van der Waals surface area contributed by atoms with Crippen molar-refractivity contribution in [2.45, 2.75) is 38.5 Å². The quantitative estimate of drug-likeness (QED) is 0.602. The van der Waals surface area contributed by atoms with Gasteiger partial charge in [0.2, 0.25) is 5.89 Å². The van der Waals surface area contributed by atoms with Gasteiger partial charge < -0.3 is 14.5 Å². The Kier molecular flexibility index (Phi) is 5.86. The number of hydrogen-bond donors (Lipinski definition) is 1. The third-order valence-electron chi connectivity index (χ3n) is 4.91. The van der Waals surface area contributed by atoms with Crippen molar-refractivity contribution >= 4 is 5.91 Å². The molecule has 1 amide bonds. The zero-order valence-corrected chi connectivity index (χ0v) is 16.4. The summed E-state index contributed by atoms with van der Waals surface area (Å²) in [7, 11) is 1.67. The van der Waals surface area contributed by atoms with Crippen LogP contribution in [0.15, 0.2) is 59.5 Å². The molecule has 7 nitrogen and oxygen atoms in total. The number of nitrogens with one attached hydrogen (secondary N) is 1. The number of methoxy groups -OCH3 is 1. The van der Waals surface area contributed by atoms with Crippen LogP contribution in [0.3, 0.4) is 0 Å². The molecule has 2 heterocycles. The molecule has 1 saturated carbocycles. The van der Waals surface area contributed by atoms with Crippen LogP contribution >= 0.6 is 0 Å². The number of aromatic nitrogens is 2. The first-order valence-corrected chi connectivity index (χ1v) is 9.70. The van der Waals surface area contributed by atoms with E-state index in [-0.39, 0.29) is 5.91 Å². The van der Waals surface area contributed by atoms with Crippen LogP contribution in [-0.4, -0.2) is 33.9 Å². The molecule has 29 heavy (non-hydrogen) atoms. The molecule has 3 aromatic rings. The molecule has 1 N–H and O–H groups in total. The van der Waals surface area contributed by atoms with Crippen molar-refractivity contribution in [1.82, 2.24) is 20.2 Å². The fraction of sp³-hybridized carbons (Fsp3) is 0.318. The zero-order chi connectivity index (χ0) is 20.1. The first-order chi connectivity index (χ1) is 14.2. The number of carbonyl (C=O) groups is 1. The third-order valence-corrected chi connectivity index (χ3v) is 4.91. The topological polar surface area (TPSA) is 80.5 Å². The van der Waals surface area contributed by atoms with Crippen LogP contribution in [0.1, 0.15) is 40.3 Å². The molecule has 0 bridgehead atoms. The van der Waals surface area contributed by atoms with E-state index in [2.05, 4.69) is 32.3 Å². The highest BCUT2D eigenvalue weighted by Gasteiger charge is 2.30. The first kappa shape index (κ1) is 19.1. The second-order valence-electron chi connectivity index (χ2n) is 7.15. The Labute approximate surface area is 169 Å². The Morgan fingerprint density at radius 3 is 2.72 bits per heavy atom. The molecule has 0 atom stereocenters. The van der Waals surface area contributed by atoms with Crippen molar-refractivity contribution in [3.63, 3.8) is 0 Å². The maximum Gasteiger partial charge on any atom is 0.273 e. The number of oxazole rings is 1.